The normalized spacial score (nSPS) is 13.9. The standard InChI is InChI=1S/C6H5ClF2OS/c7-3-1-2-11-5(3)4(10)6(8)9/h1-2,4,6,10H. The lowest BCUT2D eigenvalue weighted by atomic mass is 10.3. The molecule has 1 unspecified atom stereocenters. The van der Waals surface area contributed by atoms with E-state index in [2.05, 4.69) is 0 Å². The third-order valence-corrected chi connectivity index (χ3v) is 2.58. The molecule has 0 spiro atoms. The molecule has 1 heterocycles. The van der Waals surface area contributed by atoms with Crippen LogP contribution in [-0.2, 0) is 0 Å². The number of alkyl halides is 2. The monoisotopic (exact) mass is 198 g/mol. The van der Waals surface area contributed by atoms with E-state index in [1.54, 1.807) is 5.38 Å². The Balaban J connectivity index is 2.84. The van der Waals surface area contributed by atoms with Crippen LogP contribution in [0.15, 0.2) is 11.4 Å². The summed E-state index contributed by atoms with van der Waals surface area (Å²) in [6, 6.07) is 1.48. The number of rotatable bonds is 2. The van der Waals surface area contributed by atoms with Gasteiger partial charge in [0.15, 0.2) is 6.10 Å². The van der Waals surface area contributed by atoms with Crippen LogP contribution in [-0.4, -0.2) is 11.5 Å². The van der Waals surface area contributed by atoms with Crippen LogP contribution in [0.25, 0.3) is 0 Å². The van der Waals surface area contributed by atoms with Crippen LogP contribution in [0.2, 0.25) is 5.02 Å². The summed E-state index contributed by atoms with van der Waals surface area (Å²) in [6.07, 6.45) is -4.52. The first kappa shape index (κ1) is 8.90. The van der Waals surface area contributed by atoms with Crippen LogP contribution in [0.4, 0.5) is 8.78 Å². The van der Waals surface area contributed by atoms with Crippen molar-refractivity contribution in [2.75, 3.05) is 0 Å². The van der Waals surface area contributed by atoms with Crippen molar-refractivity contribution in [2.24, 2.45) is 0 Å². The van der Waals surface area contributed by atoms with Crippen LogP contribution < -0.4 is 0 Å². The predicted octanol–water partition coefficient (Wildman–Crippen LogP) is 2.70. The second kappa shape index (κ2) is 3.47. The SMILES string of the molecule is OC(c1sccc1Cl)C(F)F. The first-order chi connectivity index (χ1) is 5.13. The topological polar surface area (TPSA) is 20.2 Å². The van der Waals surface area contributed by atoms with Gasteiger partial charge < -0.3 is 5.11 Å². The lowest BCUT2D eigenvalue weighted by Crippen LogP contribution is -2.06. The molecular weight excluding hydrogens is 194 g/mol. The van der Waals surface area contributed by atoms with E-state index in [0.29, 0.717) is 0 Å². The van der Waals surface area contributed by atoms with E-state index in [0.717, 1.165) is 11.3 Å². The van der Waals surface area contributed by atoms with Gasteiger partial charge in [-0.25, -0.2) is 8.78 Å². The molecule has 1 N–H and O–H groups in total. The van der Waals surface area contributed by atoms with E-state index >= 15 is 0 Å². The largest absolute Gasteiger partial charge is 0.382 e. The first-order valence-corrected chi connectivity index (χ1v) is 4.08. The molecule has 62 valence electrons. The number of hydrogen-bond acceptors (Lipinski definition) is 2. The minimum atomic E-state index is -2.77. The van der Waals surface area contributed by atoms with E-state index in [1.807, 2.05) is 0 Å². The van der Waals surface area contributed by atoms with E-state index in [-0.39, 0.29) is 9.90 Å². The van der Waals surface area contributed by atoms with Crippen LogP contribution in [0, 0.1) is 0 Å². The van der Waals surface area contributed by atoms with E-state index < -0.39 is 12.5 Å². The van der Waals surface area contributed by atoms with Gasteiger partial charge in [0, 0.05) is 0 Å². The van der Waals surface area contributed by atoms with Crippen molar-refractivity contribution < 1.29 is 13.9 Å². The zero-order valence-corrected chi connectivity index (χ0v) is 6.87. The predicted molar refractivity (Wildman–Crippen MR) is 40.3 cm³/mol. The molecule has 0 fully saturated rings. The minimum absolute atomic E-state index is 0.127. The van der Waals surface area contributed by atoms with Gasteiger partial charge in [0.05, 0.1) is 9.90 Å². The summed E-state index contributed by atoms with van der Waals surface area (Å²) in [5, 5.41) is 10.6. The molecule has 5 heteroatoms. The van der Waals surface area contributed by atoms with Crippen LogP contribution in [0.5, 0.6) is 0 Å². The fraction of sp³-hybridized carbons (Fsp3) is 0.333. The molecule has 0 radical (unpaired) electrons. The summed E-state index contributed by atoms with van der Waals surface area (Å²) in [6.45, 7) is 0. The highest BCUT2D eigenvalue weighted by Crippen LogP contribution is 2.31. The van der Waals surface area contributed by atoms with E-state index in [1.165, 1.54) is 6.07 Å². The number of thiophene rings is 1. The summed E-state index contributed by atoms with van der Waals surface area (Å²) in [7, 11) is 0. The molecule has 0 saturated heterocycles. The maximum Gasteiger partial charge on any atom is 0.269 e. The maximum absolute atomic E-state index is 11.9. The van der Waals surface area contributed by atoms with Gasteiger partial charge in [0.2, 0.25) is 0 Å². The number of aliphatic hydroxyl groups excluding tert-OH is 1. The van der Waals surface area contributed by atoms with Crippen molar-refractivity contribution in [1.29, 1.82) is 0 Å². The van der Waals surface area contributed by atoms with Gasteiger partial charge in [-0.05, 0) is 11.4 Å². The van der Waals surface area contributed by atoms with Crippen molar-refractivity contribution in [2.45, 2.75) is 12.5 Å². The second-order valence-corrected chi connectivity index (χ2v) is 3.27. The number of halogens is 3. The highest BCUT2D eigenvalue weighted by Gasteiger charge is 2.22. The smallest absolute Gasteiger partial charge is 0.269 e. The van der Waals surface area contributed by atoms with Gasteiger partial charge in [-0.2, -0.15) is 0 Å². The summed E-state index contributed by atoms with van der Waals surface area (Å²) in [5.41, 5.74) is 0. The van der Waals surface area contributed by atoms with E-state index in [9.17, 15) is 8.78 Å². The van der Waals surface area contributed by atoms with E-state index in [4.69, 9.17) is 16.7 Å². The maximum atomic E-state index is 11.9. The molecule has 0 bridgehead atoms. The summed E-state index contributed by atoms with van der Waals surface area (Å²) in [4.78, 5) is 0.127. The lowest BCUT2D eigenvalue weighted by molar-refractivity contribution is -0.00364. The minimum Gasteiger partial charge on any atom is -0.382 e. The van der Waals surface area contributed by atoms with Crippen LogP contribution in [0.3, 0.4) is 0 Å². The molecule has 11 heavy (non-hydrogen) atoms. The molecular formula is C6H5ClF2OS. The Labute approximate surface area is 71.2 Å². The second-order valence-electron chi connectivity index (χ2n) is 1.91. The van der Waals surface area contributed by atoms with Gasteiger partial charge in [-0.1, -0.05) is 11.6 Å². The molecule has 1 rings (SSSR count). The Morgan fingerprint density at radius 2 is 2.18 bits per heavy atom. The Bertz CT molecular complexity index is 238. The Morgan fingerprint density at radius 3 is 2.55 bits per heavy atom. The number of aliphatic hydroxyl groups is 1. The Hall–Kier alpha value is -0.190. The molecule has 1 nitrogen and oxygen atoms in total. The van der Waals surface area contributed by atoms with Gasteiger partial charge in [0.1, 0.15) is 0 Å². The van der Waals surface area contributed by atoms with Gasteiger partial charge in [-0.3, -0.25) is 0 Å². The van der Waals surface area contributed by atoms with Gasteiger partial charge in [0.25, 0.3) is 6.43 Å². The molecule has 0 aliphatic rings. The van der Waals surface area contributed by atoms with Crippen molar-refractivity contribution in [3.63, 3.8) is 0 Å². The summed E-state index contributed by atoms with van der Waals surface area (Å²) in [5.74, 6) is 0. The Morgan fingerprint density at radius 1 is 1.55 bits per heavy atom. The van der Waals surface area contributed by atoms with Crippen molar-refractivity contribution in [1.82, 2.24) is 0 Å². The average Bonchev–Trinajstić information content (AvgIpc) is 2.33. The fourth-order valence-corrected chi connectivity index (χ4v) is 1.79. The Kier molecular flexibility index (Phi) is 2.81. The zero-order chi connectivity index (χ0) is 8.43. The van der Waals surface area contributed by atoms with Crippen LogP contribution >= 0.6 is 22.9 Å². The molecule has 0 saturated carbocycles. The molecule has 0 amide bonds. The molecule has 1 atom stereocenters. The quantitative estimate of drug-likeness (QED) is 0.775. The summed E-state index contributed by atoms with van der Waals surface area (Å²) < 4.78 is 23.7. The molecule has 1 aromatic rings. The highest BCUT2D eigenvalue weighted by atomic mass is 35.5. The molecule has 1 aromatic heterocycles. The third kappa shape index (κ3) is 1.89. The first-order valence-electron chi connectivity index (χ1n) is 2.82. The van der Waals surface area contributed by atoms with Crippen molar-refractivity contribution in [3.05, 3.63) is 21.3 Å². The van der Waals surface area contributed by atoms with Crippen molar-refractivity contribution in [3.8, 4) is 0 Å². The average molecular weight is 199 g/mol. The third-order valence-electron chi connectivity index (χ3n) is 1.15. The van der Waals surface area contributed by atoms with Crippen LogP contribution in [0.1, 0.15) is 11.0 Å². The number of hydrogen-bond donors (Lipinski definition) is 1. The zero-order valence-electron chi connectivity index (χ0n) is 5.30. The molecule has 0 aliphatic carbocycles. The van der Waals surface area contributed by atoms with Gasteiger partial charge >= 0.3 is 0 Å². The molecule has 0 aromatic carbocycles. The van der Waals surface area contributed by atoms with Crippen molar-refractivity contribution >= 4 is 22.9 Å². The molecule has 0 aliphatic heterocycles. The van der Waals surface area contributed by atoms with Gasteiger partial charge in [-0.15, -0.1) is 11.3 Å². The fourth-order valence-electron chi connectivity index (χ4n) is 0.631. The highest BCUT2D eigenvalue weighted by molar-refractivity contribution is 7.10. The lowest BCUT2D eigenvalue weighted by Gasteiger charge is -2.06. The summed E-state index contributed by atoms with van der Waals surface area (Å²) >= 11 is 6.52.